The summed E-state index contributed by atoms with van der Waals surface area (Å²) in [7, 11) is -1.63. The van der Waals surface area contributed by atoms with Crippen molar-refractivity contribution in [1.29, 1.82) is 0 Å². The van der Waals surface area contributed by atoms with E-state index in [1.54, 1.807) is 15.9 Å². The van der Waals surface area contributed by atoms with Crippen LogP contribution in [-0.2, 0) is 16.6 Å². The molecular formula is C14H28N4O2S. The summed E-state index contributed by atoms with van der Waals surface area (Å²) in [6.07, 6.45) is 0.791. The molecule has 0 aliphatic carbocycles. The first kappa shape index (κ1) is 18.1. The van der Waals surface area contributed by atoms with Crippen molar-refractivity contribution in [2.24, 2.45) is 0 Å². The molecule has 1 aromatic heterocycles. The number of hydrogen-bond donors (Lipinski definition) is 1. The molecule has 0 aliphatic heterocycles. The maximum atomic E-state index is 12.9. The maximum absolute atomic E-state index is 12.9. The molecule has 1 atom stereocenters. The molecular weight excluding hydrogens is 288 g/mol. The van der Waals surface area contributed by atoms with Crippen LogP contribution in [0.25, 0.3) is 0 Å². The topological polar surface area (TPSA) is 67.2 Å². The first-order valence-corrected chi connectivity index (χ1v) is 8.95. The van der Waals surface area contributed by atoms with Crippen molar-refractivity contribution in [1.82, 2.24) is 19.4 Å². The van der Waals surface area contributed by atoms with Gasteiger partial charge in [-0.3, -0.25) is 4.68 Å². The number of nitrogens with zero attached hydrogens (tertiary/aromatic N) is 3. The summed E-state index contributed by atoms with van der Waals surface area (Å²) in [4.78, 5) is 0.362. The Morgan fingerprint density at radius 2 is 1.95 bits per heavy atom. The number of sulfonamides is 1. The van der Waals surface area contributed by atoms with Gasteiger partial charge in [-0.1, -0.05) is 13.8 Å². The second-order valence-electron chi connectivity index (χ2n) is 5.29. The van der Waals surface area contributed by atoms with Crippen LogP contribution in [0.15, 0.2) is 4.90 Å². The van der Waals surface area contributed by atoms with Crippen LogP contribution in [0.3, 0.4) is 0 Å². The number of rotatable bonds is 8. The van der Waals surface area contributed by atoms with E-state index in [0.29, 0.717) is 29.4 Å². The van der Waals surface area contributed by atoms with E-state index >= 15 is 0 Å². The first-order valence-electron chi connectivity index (χ1n) is 7.51. The van der Waals surface area contributed by atoms with Crippen molar-refractivity contribution in [2.45, 2.75) is 58.5 Å². The molecule has 0 aliphatic rings. The maximum Gasteiger partial charge on any atom is 0.246 e. The summed E-state index contributed by atoms with van der Waals surface area (Å²) in [5.74, 6) is 0. The molecule has 7 heteroatoms. The zero-order valence-corrected chi connectivity index (χ0v) is 14.8. The smallest absolute Gasteiger partial charge is 0.246 e. The van der Waals surface area contributed by atoms with Crippen LogP contribution in [0, 0.1) is 13.8 Å². The highest BCUT2D eigenvalue weighted by Gasteiger charge is 2.32. The van der Waals surface area contributed by atoms with E-state index in [4.69, 9.17) is 0 Å². The third-order valence-corrected chi connectivity index (χ3v) is 6.19. The monoisotopic (exact) mass is 316 g/mol. The van der Waals surface area contributed by atoms with E-state index in [1.165, 1.54) is 0 Å². The van der Waals surface area contributed by atoms with E-state index in [1.807, 2.05) is 34.7 Å². The van der Waals surface area contributed by atoms with Gasteiger partial charge in [0.2, 0.25) is 10.0 Å². The van der Waals surface area contributed by atoms with E-state index in [0.717, 1.165) is 13.0 Å². The molecule has 0 aromatic carbocycles. The van der Waals surface area contributed by atoms with Crippen molar-refractivity contribution in [3.8, 4) is 0 Å². The highest BCUT2D eigenvalue weighted by molar-refractivity contribution is 7.89. The Balaban J connectivity index is 3.28. The van der Waals surface area contributed by atoms with Gasteiger partial charge in [0.05, 0.1) is 17.9 Å². The Hall–Kier alpha value is -0.920. The second-order valence-corrected chi connectivity index (χ2v) is 7.12. The molecule has 1 rings (SSSR count). The van der Waals surface area contributed by atoms with E-state index in [9.17, 15) is 8.42 Å². The summed E-state index contributed by atoms with van der Waals surface area (Å²) in [5.41, 5.74) is 1.29. The molecule has 0 fully saturated rings. The summed E-state index contributed by atoms with van der Waals surface area (Å²) in [5, 5.41) is 7.44. The standard InChI is InChI=1S/C14H28N4O2S/c1-7-11(3)18(8-2)21(19,20)14-12(4)16-17(13(14)5)10-9-15-6/h11,15H,7-10H2,1-6H3. The van der Waals surface area contributed by atoms with Gasteiger partial charge < -0.3 is 5.32 Å². The lowest BCUT2D eigenvalue weighted by Crippen LogP contribution is -2.38. The number of nitrogens with one attached hydrogen (secondary N) is 1. The molecule has 21 heavy (non-hydrogen) atoms. The molecule has 0 saturated heterocycles. The molecule has 1 heterocycles. The number of aryl methyl sites for hydroxylation is 1. The van der Waals surface area contributed by atoms with Crippen LogP contribution < -0.4 is 5.32 Å². The molecule has 1 N–H and O–H groups in total. The average Bonchev–Trinajstić information content (AvgIpc) is 2.71. The summed E-state index contributed by atoms with van der Waals surface area (Å²) >= 11 is 0. The quantitative estimate of drug-likeness (QED) is 0.790. The van der Waals surface area contributed by atoms with Crippen LogP contribution >= 0.6 is 0 Å². The number of aromatic nitrogens is 2. The van der Waals surface area contributed by atoms with Gasteiger partial charge >= 0.3 is 0 Å². The van der Waals surface area contributed by atoms with Crippen LogP contribution in [0.1, 0.15) is 38.6 Å². The van der Waals surface area contributed by atoms with Gasteiger partial charge in [-0.05, 0) is 34.2 Å². The van der Waals surface area contributed by atoms with Crippen LogP contribution in [0.4, 0.5) is 0 Å². The fraction of sp³-hybridized carbons (Fsp3) is 0.786. The van der Waals surface area contributed by atoms with E-state index < -0.39 is 10.0 Å². The Kier molecular flexibility index (Phi) is 6.37. The van der Waals surface area contributed by atoms with Crippen molar-refractivity contribution >= 4 is 10.0 Å². The molecule has 0 bridgehead atoms. The van der Waals surface area contributed by atoms with Crippen LogP contribution in [0.2, 0.25) is 0 Å². The third kappa shape index (κ3) is 3.64. The van der Waals surface area contributed by atoms with E-state index in [2.05, 4.69) is 10.4 Å². The van der Waals surface area contributed by atoms with Crippen molar-refractivity contribution in [3.05, 3.63) is 11.4 Å². The highest BCUT2D eigenvalue weighted by atomic mass is 32.2. The normalized spacial score (nSPS) is 13.9. The lowest BCUT2D eigenvalue weighted by atomic mass is 10.3. The third-order valence-electron chi connectivity index (χ3n) is 3.85. The van der Waals surface area contributed by atoms with Gasteiger partial charge in [0.1, 0.15) is 4.90 Å². The predicted molar refractivity (Wildman–Crippen MR) is 84.9 cm³/mol. The highest BCUT2D eigenvalue weighted by Crippen LogP contribution is 2.25. The zero-order chi connectivity index (χ0) is 16.2. The molecule has 1 aromatic rings. The molecule has 0 amide bonds. The van der Waals surface area contributed by atoms with Gasteiger partial charge in [-0.2, -0.15) is 9.40 Å². The minimum absolute atomic E-state index is 0.0144. The van der Waals surface area contributed by atoms with Gasteiger partial charge in [-0.25, -0.2) is 8.42 Å². The first-order chi connectivity index (χ1) is 9.81. The lowest BCUT2D eigenvalue weighted by Gasteiger charge is -2.26. The van der Waals surface area contributed by atoms with E-state index in [-0.39, 0.29) is 6.04 Å². The van der Waals surface area contributed by atoms with Crippen molar-refractivity contribution in [2.75, 3.05) is 20.1 Å². The Morgan fingerprint density at radius 1 is 1.33 bits per heavy atom. The van der Waals surface area contributed by atoms with Gasteiger partial charge in [0, 0.05) is 19.1 Å². The second kappa shape index (κ2) is 7.38. The fourth-order valence-corrected chi connectivity index (χ4v) is 4.62. The summed E-state index contributed by atoms with van der Waals surface area (Å²) < 4.78 is 29.2. The molecule has 1 unspecified atom stereocenters. The minimum atomic E-state index is -3.50. The molecule has 0 spiro atoms. The lowest BCUT2D eigenvalue weighted by molar-refractivity contribution is 0.342. The summed E-state index contributed by atoms with van der Waals surface area (Å²) in [6, 6.07) is -0.0144. The van der Waals surface area contributed by atoms with Crippen molar-refractivity contribution < 1.29 is 8.42 Å². The fourth-order valence-electron chi connectivity index (χ4n) is 2.53. The zero-order valence-electron chi connectivity index (χ0n) is 14.0. The summed E-state index contributed by atoms with van der Waals surface area (Å²) in [6.45, 7) is 11.3. The van der Waals surface area contributed by atoms with Gasteiger partial charge in [0.15, 0.2) is 0 Å². The molecule has 6 nitrogen and oxygen atoms in total. The van der Waals surface area contributed by atoms with Gasteiger partial charge in [0.25, 0.3) is 0 Å². The number of likely N-dealkylation sites (N-methyl/N-ethyl adjacent to an activating group) is 1. The average molecular weight is 316 g/mol. The predicted octanol–water partition coefficient (Wildman–Crippen LogP) is 1.53. The van der Waals surface area contributed by atoms with Crippen molar-refractivity contribution in [3.63, 3.8) is 0 Å². The Bertz CT molecular complexity index is 566. The molecule has 0 radical (unpaired) electrons. The van der Waals surface area contributed by atoms with Gasteiger partial charge in [-0.15, -0.1) is 0 Å². The minimum Gasteiger partial charge on any atom is -0.318 e. The molecule has 0 saturated carbocycles. The molecule has 122 valence electrons. The van der Waals surface area contributed by atoms with Crippen LogP contribution in [0.5, 0.6) is 0 Å². The largest absolute Gasteiger partial charge is 0.318 e. The van der Waals surface area contributed by atoms with Crippen LogP contribution in [-0.4, -0.2) is 48.7 Å². The Morgan fingerprint density at radius 3 is 2.43 bits per heavy atom. The number of hydrogen-bond acceptors (Lipinski definition) is 4. The Labute approximate surface area is 128 Å². The SMILES string of the molecule is CCC(C)N(CC)S(=O)(=O)c1c(C)nn(CCNC)c1C.